The number of nitrogens with zero attached hydrogens (tertiary/aromatic N) is 1. The molecular weight excluding hydrogens is 232 g/mol. The Bertz CT molecular complexity index is 492. The van der Waals surface area contributed by atoms with Gasteiger partial charge in [-0.25, -0.2) is 0 Å². The molecule has 1 N–H and O–H groups in total. The van der Waals surface area contributed by atoms with Crippen molar-refractivity contribution in [2.24, 2.45) is 0 Å². The second-order valence-corrected chi connectivity index (χ2v) is 3.25. The van der Waals surface area contributed by atoms with E-state index in [1.807, 2.05) is 6.07 Å². The van der Waals surface area contributed by atoms with E-state index in [-0.39, 0.29) is 5.43 Å². The van der Waals surface area contributed by atoms with Crippen molar-refractivity contribution in [3.8, 4) is 0 Å². The molecule has 2 aromatic heterocycles. The van der Waals surface area contributed by atoms with Crippen LogP contribution in [0.5, 0.6) is 0 Å². The third kappa shape index (κ3) is 1.49. The molecule has 0 unspecified atom stereocenters. The quantitative estimate of drug-likeness (QED) is 0.771. The summed E-state index contributed by atoms with van der Waals surface area (Å²) in [5.41, 5.74) is 2.10. The summed E-state index contributed by atoms with van der Waals surface area (Å²) in [6, 6.07) is 5.20. The van der Waals surface area contributed by atoms with Gasteiger partial charge in [-0.15, -0.1) is 0 Å². The molecule has 0 aliphatic rings. The number of alkyl halides is 1. The number of H-pyrrole nitrogens is 1. The number of pyridine rings is 2. The molecule has 0 radical (unpaired) electrons. The van der Waals surface area contributed by atoms with Gasteiger partial charge >= 0.3 is 0 Å². The normalized spacial score (nSPS) is 10.5. The Labute approximate surface area is 82.9 Å². The third-order valence-electron chi connectivity index (χ3n) is 1.79. The van der Waals surface area contributed by atoms with Gasteiger partial charge in [0.15, 0.2) is 0 Å². The first-order valence-corrected chi connectivity index (χ1v) is 4.96. The van der Waals surface area contributed by atoms with Crippen molar-refractivity contribution in [2.75, 3.05) is 0 Å². The summed E-state index contributed by atoms with van der Waals surface area (Å²) in [4.78, 5) is 18.6. The molecule has 2 rings (SSSR count). The fourth-order valence-electron chi connectivity index (χ4n) is 1.21. The lowest BCUT2D eigenvalue weighted by molar-refractivity contribution is 1.20. The first-order valence-electron chi connectivity index (χ1n) is 3.84. The summed E-state index contributed by atoms with van der Waals surface area (Å²) in [5.74, 6) is 0. The van der Waals surface area contributed by atoms with Crippen LogP contribution in [0.1, 0.15) is 5.69 Å². The maximum absolute atomic E-state index is 11.5. The summed E-state index contributed by atoms with van der Waals surface area (Å²) in [6.45, 7) is 0. The van der Waals surface area contributed by atoms with Crippen LogP contribution in [0.2, 0.25) is 0 Å². The molecule has 2 heterocycles. The average molecular weight is 239 g/mol. The van der Waals surface area contributed by atoms with E-state index in [0.29, 0.717) is 10.8 Å². The number of fused-ring (bicyclic) bond motifs is 1. The second-order valence-electron chi connectivity index (χ2n) is 2.69. The van der Waals surface area contributed by atoms with E-state index >= 15 is 0 Å². The van der Waals surface area contributed by atoms with Gasteiger partial charge in [-0.3, -0.25) is 9.78 Å². The van der Waals surface area contributed by atoms with Crippen LogP contribution in [-0.2, 0) is 5.33 Å². The predicted molar refractivity (Wildman–Crippen MR) is 55.0 cm³/mol. The van der Waals surface area contributed by atoms with E-state index in [1.54, 1.807) is 18.3 Å². The van der Waals surface area contributed by atoms with Gasteiger partial charge in [-0.05, 0) is 12.1 Å². The van der Waals surface area contributed by atoms with Crippen molar-refractivity contribution in [1.29, 1.82) is 0 Å². The molecule has 13 heavy (non-hydrogen) atoms. The molecule has 0 amide bonds. The predicted octanol–water partition coefficient (Wildman–Crippen LogP) is 1.82. The van der Waals surface area contributed by atoms with Crippen molar-refractivity contribution < 1.29 is 0 Å². The highest BCUT2D eigenvalue weighted by Gasteiger charge is 2.00. The lowest BCUT2D eigenvalue weighted by Gasteiger charge is -1.98. The first-order chi connectivity index (χ1) is 6.31. The highest BCUT2D eigenvalue weighted by Crippen LogP contribution is 2.06. The van der Waals surface area contributed by atoms with Gasteiger partial charge in [-0.2, -0.15) is 0 Å². The number of aromatic amines is 1. The van der Waals surface area contributed by atoms with Crippen molar-refractivity contribution in [3.63, 3.8) is 0 Å². The van der Waals surface area contributed by atoms with Crippen LogP contribution in [0.4, 0.5) is 0 Å². The third-order valence-corrected chi connectivity index (χ3v) is 2.39. The molecule has 4 heteroatoms. The molecule has 0 fully saturated rings. The van der Waals surface area contributed by atoms with Crippen LogP contribution >= 0.6 is 15.9 Å². The standard InChI is InChI=1S/C9H7BrN2O/c10-5-6-4-8(13)9-7(12-6)2-1-3-11-9/h1-4H,5H2,(H,12,13). The van der Waals surface area contributed by atoms with Crippen molar-refractivity contribution >= 4 is 27.0 Å². The molecule has 0 aromatic carbocycles. The molecule has 3 nitrogen and oxygen atoms in total. The number of hydrogen-bond donors (Lipinski definition) is 1. The monoisotopic (exact) mass is 238 g/mol. The Morgan fingerprint density at radius 2 is 2.38 bits per heavy atom. The second kappa shape index (κ2) is 3.30. The van der Waals surface area contributed by atoms with Crippen LogP contribution in [0.25, 0.3) is 11.0 Å². The van der Waals surface area contributed by atoms with E-state index in [1.165, 1.54) is 0 Å². The fourth-order valence-corrected chi connectivity index (χ4v) is 1.51. The topological polar surface area (TPSA) is 45.8 Å². The number of nitrogens with one attached hydrogen (secondary N) is 1. The van der Waals surface area contributed by atoms with E-state index in [2.05, 4.69) is 25.9 Å². The summed E-state index contributed by atoms with van der Waals surface area (Å²) in [6.07, 6.45) is 1.62. The van der Waals surface area contributed by atoms with Gasteiger partial charge in [0.2, 0.25) is 5.43 Å². The molecule has 0 saturated heterocycles. The summed E-state index contributed by atoms with van der Waals surface area (Å²) in [5, 5.41) is 0.646. The van der Waals surface area contributed by atoms with Crippen LogP contribution in [0.3, 0.4) is 0 Å². The van der Waals surface area contributed by atoms with Gasteiger partial charge in [-0.1, -0.05) is 15.9 Å². The molecule has 2 aromatic rings. The minimum absolute atomic E-state index is 0.0381. The number of rotatable bonds is 1. The minimum Gasteiger partial charge on any atom is -0.356 e. The van der Waals surface area contributed by atoms with Crippen LogP contribution in [0.15, 0.2) is 29.2 Å². The highest BCUT2D eigenvalue weighted by molar-refractivity contribution is 9.08. The van der Waals surface area contributed by atoms with Crippen molar-refractivity contribution in [3.05, 3.63) is 40.3 Å². The zero-order valence-electron chi connectivity index (χ0n) is 6.75. The maximum Gasteiger partial charge on any atom is 0.208 e. The highest BCUT2D eigenvalue weighted by atomic mass is 79.9. The van der Waals surface area contributed by atoms with Gasteiger partial charge < -0.3 is 4.98 Å². The lowest BCUT2D eigenvalue weighted by Crippen LogP contribution is -2.05. The molecule has 0 spiro atoms. The zero-order chi connectivity index (χ0) is 9.26. The van der Waals surface area contributed by atoms with Gasteiger partial charge in [0.1, 0.15) is 5.52 Å². The molecule has 0 bridgehead atoms. The first kappa shape index (κ1) is 8.44. The number of aromatic nitrogens is 2. The van der Waals surface area contributed by atoms with Crippen LogP contribution in [-0.4, -0.2) is 9.97 Å². The Morgan fingerprint density at radius 1 is 1.54 bits per heavy atom. The number of halogens is 1. The maximum atomic E-state index is 11.5. The van der Waals surface area contributed by atoms with Crippen molar-refractivity contribution in [2.45, 2.75) is 5.33 Å². The molecule has 0 aliphatic heterocycles. The van der Waals surface area contributed by atoms with Crippen LogP contribution < -0.4 is 5.43 Å². The largest absolute Gasteiger partial charge is 0.356 e. The Kier molecular flexibility index (Phi) is 2.14. The molecule has 0 saturated carbocycles. The molecule has 66 valence electrons. The van der Waals surface area contributed by atoms with E-state index in [9.17, 15) is 4.79 Å². The van der Waals surface area contributed by atoms with Gasteiger partial charge in [0, 0.05) is 23.3 Å². The van der Waals surface area contributed by atoms with Gasteiger partial charge in [0.25, 0.3) is 0 Å². The summed E-state index contributed by atoms with van der Waals surface area (Å²) >= 11 is 3.29. The van der Waals surface area contributed by atoms with E-state index < -0.39 is 0 Å². The number of hydrogen-bond acceptors (Lipinski definition) is 2. The SMILES string of the molecule is O=c1cc(CBr)[nH]c2cccnc12. The Hall–Kier alpha value is -1.16. The van der Waals surface area contributed by atoms with Crippen molar-refractivity contribution in [1.82, 2.24) is 9.97 Å². The Morgan fingerprint density at radius 3 is 3.15 bits per heavy atom. The molecule has 0 aliphatic carbocycles. The summed E-state index contributed by atoms with van der Waals surface area (Å²) in [7, 11) is 0. The lowest BCUT2D eigenvalue weighted by atomic mass is 10.3. The molecule has 0 atom stereocenters. The minimum atomic E-state index is -0.0381. The van der Waals surface area contributed by atoms with E-state index in [4.69, 9.17) is 0 Å². The fraction of sp³-hybridized carbons (Fsp3) is 0.111. The van der Waals surface area contributed by atoms with E-state index in [0.717, 1.165) is 11.2 Å². The molecular formula is C9H7BrN2O. The Balaban J connectivity index is 2.85. The summed E-state index contributed by atoms with van der Waals surface area (Å²) < 4.78 is 0. The smallest absolute Gasteiger partial charge is 0.208 e. The average Bonchev–Trinajstić information content (AvgIpc) is 2.18. The van der Waals surface area contributed by atoms with Gasteiger partial charge in [0.05, 0.1) is 5.52 Å². The zero-order valence-corrected chi connectivity index (χ0v) is 8.34. The van der Waals surface area contributed by atoms with Crippen LogP contribution in [0, 0.1) is 0 Å².